The zero-order chi connectivity index (χ0) is 22.3. The van der Waals surface area contributed by atoms with Crippen molar-refractivity contribution < 1.29 is 9.59 Å². The van der Waals surface area contributed by atoms with E-state index in [1.165, 1.54) is 6.42 Å². The number of aromatic nitrogens is 1. The van der Waals surface area contributed by atoms with Gasteiger partial charge in [0, 0.05) is 28.0 Å². The molecule has 0 saturated heterocycles. The number of halogens is 1. The minimum atomic E-state index is -0.987. The molecule has 1 atom stereocenters. The summed E-state index contributed by atoms with van der Waals surface area (Å²) in [7, 11) is 0. The van der Waals surface area contributed by atoms with Crippen LogP contribution in [0.5, 0.6) is 0 Å². The Hall–Kier alpha value is -2.60. The van der Waals surface area contributed by atoms with Gasteiger partial charge in [0.25, 0.3) is 5.91 Å². The Morgan fingerprint density at radius 3 is 2.59 bits per heavy atom. The van der Waals surface area contributed by atoms with Crippen molar-refractivity contribution in [1.29, 1.82) is 0 Å². The number of carbonyl (C=O) groups excluding carboxylic acids is 2. The molecule has 0 bridgehead atoms. The van der Waals surface area contributed by atoms with Gasteiger partial charge in [0.2, 0.25) is 5.91 Å². The van der Waals surface area contributed by atoms with E-state index in [0.29, 0.717) is 18.8 Å². The van der Waals surface area contributed by atoms with Crippen LogP contribution in [0.25, 0.3) is 10.9 Å². The molecular formula is C26H28BrN3O2. The molecule has 32 heavy (non-hydrogen) atoms. The van der Waals surface area contributed by atoms with Crippen molar-refractivity contribution in [3.05, 3.63) is 70.3 Å². The van der Waals surface area contributed by atoms with Crippen molar-refractivity contribution in [2.45, 2.75) is 63.7 Å². The third-order valence-corrected chi connectivity index (χ3v) is 7.83. The van der Waals surface area contributed by atoms with E-state index in [1.807, 2.05) is 66.1 Å². The highest BCUT2D eigenvalue weighted by atomic mass is 79.9. The summed E-state index contributed by atoms with van der Waals surface area (Å²) >= 11 is 3.61. The van der Waals surface area contributed by atoms with Gasteiger partial charge < -0.3 is 14.8 Å². The second-order valence-electron chi connectivity index (χ2n) is 9.24. The number of fused-ring (bicyclic) bond motifs is 3. The second kappa shape index (κ2) is 8.39. The van der Waals surface area contributed by atoms with E-state index in [1.54, 1.807) is 4.90 Å². The maximum absolute atomic E-state index is 13.8. The van der Waals surface area contributed by atoms with E-state index in [4.69, 9.17) is 0 Å². The summed E-state index contributed by atoms with van der Waals surface area (Å²) in [5.41, 5.74) is 1.63. The van der Waals surface area contributed by atoms with E-state index in [2.05, 4.69) is 21.2 Å². The number of para-hydroxylation sites is 1. The van der Waals surface area contributed by atoms with Crippen molar-refractivity contribution in [2.24, 2.45) is 0 Å². The van der Waals surface area contributed by atoms with Crippen LogP contribution in [-0.4, -0.2) is 32.9 Å². The number of hydrogen-bond acceptors (Lipinski definition) is 2. The fourth-order valence-electron chi connectivity index (χ4n) is 5.14. The molecule has 0 spiro atoms. The van der Waals surface area contributed by atoms with Gasteiger partial charge in [0.1, 0.15) is 11.2 Å². The standard InChI is InChI=1S/C26H28BrN3O2/c1-26(25(32)28-20-11-3-2-4-12-20)17-29-22-14-8-6-9-18(22)15-23(29)24(31)30(26)16-19-10-5-7-13-21(19)27/h5-10,13-15,20H,2-4,11-12,16-17H2,1H3,(H,28,32)/t26-/m0/s1. The van der Waals surface area contributed by atoms with Gasteiger partial charge in [-0.15, -0.1) is 0 Å². The predicted molar refractivity (Wildman–Crippen MR) is 129 cm³/mol. The Morgan fingerprint density at radius 2 is 1.81 bits per heavy atom. The first-order valence-corrected chi connectivity index (χ1v) is 12.2. The van der Waals surface area contributed by atoms with Crippen LogP contribution >= 0.6 is 15.9 Å². The maximum atomic E-state index is 13.8. The Balaban J connectivity index is 1.56. The second-order valence-corrected chi connectivity index (χ2v) is 10.1. The summed E-state index contributed by atoms with van der Waals surface area (Å²) in [6.07, 6.45) is 5.55. The average Bonchev–Trinajstić information content (AvgIpc) is 3.17. The van der Waals surface area contributed by atoms with Crippen LogP contribution in [0.4, 0.5) is 0 Å². The van der Waals surface area contributed by atoms with Gasteiger partial charge in [0.05, 0.1) is 6.54 Å². The first kappa shape index (κ1) is 21.3. The molecule has 1 aliphatic carbocycles. The molecule has 6 heteroatoms. The van der Waals surface area contributed by atoms with Crippen LogP contribution in [0.2, 0.25) is 0 Å². The third-order valence-electron chi connectivity index (χ3n) is 7.05. The first-order valence-electron chi connectivity index (χ1n) is 11.4. The number of nitrogens with one attached hydrogen (secondary N) is 1. The van der Waals surface area contributed by atoms with Gasteiger partial charge in [-0.25, -0.2) is 0 Å². The fourth-order valence-corrected chi connectivity index (χ4v) is 5.55. The molecule has 1 aliphatic heterocycles. The molecule has 1 aromatic heterocycles. The largest absolute Gasteiger partial charge is 0.351 e. The summed E-state index contributed by atoms with van der Waals surface area (Å²) in [5, 5.41) is 4.32. The van der Waals surface area contributed by atoms with Crippen LogP contribution < -0.4 is 5.32 Å². The Morgan fingerprint density at radius 1 is 1.09 bits per heavy atom. The summed E-state index contributed by atoms with van der Waals surface area (Å²) < 4.78 is 2.96. The molecule has 0 unspecified atom stereocenters. The molecule has 0 radical (unpaired) electrons. The lowest BCUT2D eigenvalue weighted by Gasteiger charge is -2.45. The van der Waals surface area contributed by atoms with Crippen LogP contribution in [0.3, 0.4) is 0 Å². The topological polar surface area (TPSA) is 54.3 Å². The van der Waals surface area contributed by atoms with Crippen molar-refractivity contribution >= 4 is 38.6 Å². The molecule has 3 aromatic rings. The van der Waals surface area contributed by atoms with Crippen LogP contribution in [-0.2, 0) is 17.9 Å². The lowest BCUT2D eigenvalue weighted by atomic mass is 9.91. The van der Waals surface area contributed by atoms with E-state index in [-0.39, 0.29) is 17.9 Å². The van der Waals surface area contributed by atoms with E-state index < -0.39 is 5.54 Å². The fraction of sp³-hybridized carbons (Fsp3) is 0.385. The number of amides is 2. The molecule has 2 aromatic carbocycles. The van der Waals surface area contributed by atoms with Crippen molar-refractivity contribution in [3.8, 4) is 0 Å². The van der Waals surface area contributed by atoms with Crippen molar-refractivity contribution in [3.63, 3.8) is 0 Å². The summed E-state index contributed by atoms with van der Waals surface area (Å²) in [5.74, 6) is -0.169. The van der Waals surface area contributed by atoms with Gasteiger partial charge in [0.15, 0.2) is 0 Å². The van der Waals surface area contributed by atoms with Crippen LogP contribution in [0.15, 0.2) is 59.1 Å². The maximum Gasteiger partial charge on any atom is 0.271 e. The number of rotatable bonds is 4. The Labute approximate surface area is 196 Å². The first-order chi connectivity index (χ1) is 15.5. The summed E-state index contributed by atoms with van der Waals surface area (Å²) in [6, 6.07) is 18.0. The number of carbonyl (C=O) groups is 2. The molecule has 2 aliphatic rings. The molecule has 2 heterocycles. The minimum absolute atomic E-state index is 0.0618. The molecule has 5 nitrogen and oxygen atoms in total. The van der Waals surface area contributed by atoms with Gasteiger partial charge in [-0.3, -0.25) is 9.59 Å². The third kappa shape index (κ3) is 3.64. The summed E-state index contributed by atoms with van der Waals surface area (Å²) in [6.45, 7) is 2.72. The molecule has 2 amide bonds. The van der Waals surface area contributed by atoms with E-state index >= 15 is 0 Å². The molecule has 166 valence electrons. The predicted octanol–water partition coefficient (Wildman–Crippen LogP) is 5.27. The van der Waals surface area contributed by atoms with Gasteiger partial charge in [-0.1, -0.05) is 71.6 Å². The Kier molecular flexibility index (Phi) is 5.58. The van der Waals surface area contributed by atoms with E-state index in [9.17, 15) is 9.59 Å². The smallest absolute Gasteiger partial charge is 0.271 e. The lowest BCUT2D eigenvalue weighted by molar-refractivity contribution is -0.134. The van der Waals surface area contributed by atoms with Gasteiger partial charge in [-0.05, 0) is 43.5 Å². The van der Waals surface area contributed by atoms with Gasteiger partial charge >= 0.3 is 0 Å². The zero-order valence-electron chi connectivity index (χ0n) is 18.3. The molecule has 1 fully saturated rings. The molecular weight excluding hydrogens is 466 g/mol. The van der Waals surface area contributed by atoms with Crippen molar-refractivity contribution in [2.75, 3.05) is 0 Å². The highest BCUT2D eigenvalue weighted by Gasteiger charge is 2.48. The lowest BCUT2D eigenvalue weighted by Crippen LogP contribution is -2.64. The molecule has 5 rings (SSSR count). The minimum Gasteiger partial charge on any atom is -0.351 e. The molecule has 1 N–H and O–H groups in total. The highest BCUT2D eigenvalue weighted by molar-refractivity contribution is 9.10. The quantitative estimate of drug-likeness (QED) is 0.538. The number of benzene rings is 2. The Bertz CT molecular complexity index is 1180. The van der Waals surface area contributed by atoms with E-state index in [0.717, 1.165) is 46.6 Å². The average molecular weight is 494 g/mol. The van der Waals surface area contributed by atoms with Crippen LogP contribution in [0.1, 0.15) is 55.1 Å². The number of hydrogen-bond donors (Lipinski definition) is 1. The van der Waals surface area contributed by atoms with Crippen molar-refractivity contribution in [1.82, 2.24) is 14.8 Å². The highest BCUT2D eigenvalue weighted by Crippen LogP contribution is 2.34. The monoisotopic (exact) mass is 493 g/mol. The van der Waals surface area contributed by atoms with Crippen LogP contribution in [0, 0.1) is 0 Å². The molecule has 1 saturated carbocycles. The number of nitrogens with zero attached hydrogens (tertiary/aromatic N) is 2. The summed E-state index contributed by atoms with van der Waals surface area (Å²) in [4.78, 5) is 29.3. The normalized spacial score (nSPS) is 21.6. The SMILES string of the molecule is C[C@@]1(C(=O)NC2CCCCC2)Cn2c(cc3ccccc32)C(=O)N1Cc1ccccc1Br. The zero-order valence-corrected chi connectivity index (χ0v) is 19.9. The van der Waals surface area contributed by atoms with Gasteiger partial charge in [-0.2, -0.15) is 0 Å².